The van der Waals surface area contributed by atoms with Crippen molar-refractivity contribution < 1.29 is 9.53 Å². The van der Waals surface area contributed by atoms with Gasteiger partial charge in [-0.15, -0.1) is 0 Å². The molecule has 4 nitrogen and oxygen atoms in total. The van der Waals surface area contributed by atoms with Gasteiger partial charge in [0.2, 0.25) is 0 Å². The van der Waals surface area contributed by atoms with Crippen LogP contribution >= 0.6 is 0 Å². The van der Waals surface area contributed by atoms with E-state index in [4.69, 9.17) is 4.74 Å². The van der Waals surface area contributed by atoms with E-state index in [0.29, 0.717) is 19.8 Å². The topological polar surface area (TPSA) is 32.8 Å². The normalized spacial score (nSPS) is 22.6. The molecule has 2 heterocycles. The zero-order valence-corrected chi connectivity index (χ0v) is 8.24. The number of amides is 2. The zero-order valence-electron chi connectivity index (χ0n) is 8.24. The van der Waals surface area contributed by atoms with Crippen molar-refractivity contribution in [3.63, 3.8) is 0 Å². The van der Waals surface area contributed by atoms with Crippen LogP contribution in [0.4, 0.5) is 4.79 Å². The first-order valence-electron chi connectivity index (χ1n) is 5.04. The molecular weight excluding hydrogens is 180 g/mol. The van der Waals surface area contributed by atoms with Crippen LogP contribution in [0.3, 0.4) is 0 Å². The number of carbonyl (C=O) groups is 1. The summed E-state index contributed by atoms with van der Waals surface area (Å²) in [7, 11) is 0. The molecule has 1 saturated heterocycles. The standard InChI is InChI=1S/C10H15N2O2/c13-10(11-4-2-1-3-5-11)12-6-8-14-9-7-12/h2H,3-9H2. The van der Waals surface area contributed by atoms with Gasteiger partial charge in [0.25, 0.3) is 0 Å². The Bertz CT molecular complexity index is 234. The lowest BCUT2D eigenvalue weighted by Crippen LogP contribution is -2.49. The largest absolute Gasteiger partial charge is 0.378 e. The molecular formula is C10H15N2O2. The van der Waals surface area contributed by atoms with Crippen molar-refractivity contribution in [2.24, 2.45) is 0 Å². The Kier molecular flexibility index (Phi) is 3.03. The number of nitrogens with zero attached hydrogens (tertiary/aromatic N) is 2. The molecule has 0 spiro atoms. The Balaban J connectivity index is 1.89. The minimum atomic E-state index is 0.144. The second-order valence-electron chi connectivity index (χ2n) is 3.49. The van der Waals surface area contributed by atoms with E-state index in [1.807, 2.05) is 15.9 Å². The zero-order chi connectivity index (χ0) is 9.80. The average molecular weight is 195 g/mol. The summed E-state index contributed by atoms with van der Waals surface area (Å²) >= 11 is 0. The summed E-state index contributed by atoms with van der Waals surface area (Å²) in [5.74, 6) is 0. The van der Waals surface area contributed by atoms with Crippen molar-refractivity contribution in [1.29, 1.82) is 0 Å². The molecule has 2 aliphatic rings. The molecule has 2 amide bonds. The lowest BCUT2D eigenvalue weighted by atomic mass is 10.2. The maximum Gasteiger partial charge on any atom is 0.320 e. The van der Waals surface area contributed by atoms with Crippen LogP contribution in [0.5, 0.6) is 0 Å². The van der Waals surface area contributed by atoms with Gasteiger partial charge in [-0.2, -0.15) is 0 Å². The molecule has 4 heteroatoms. The third kappa shape index (κ3) is 2.07. The predicted molar refractivity (Wildman–Crippen MR) is 51.8 cm³/mol. The van der Waals surface area contributed by atoms with Crippen LogP contribution in [0, 0.1) is 6.08 Å². The fourth-order valence-corrected chi connectivity index (χ4v) is 1.70. The third-order valence-corrected chi connectivity index (χ3v) is 2.53. The van der Waals surface area contributed by atoms with Gasteiger partial charge in [-0.25, -0.2) is 4.79 Å². The number of hydrogen-bond acceptors (Lipinski definition) is 2. The second kappa shape index (κ2) is 4.46. The van der Waals surface area contributed by atoms with Crippen LogP contribution in [-0.2, 0) is 4.74 Å². The van der Waals surface area contributed by atoms with Crippen molar-refractivity contribution in [2.45, 2.75) is 6.42 Å². The van der Waals surface area contributed by atoms with Gasteiger partial charge in [-0.1, -0.05) is 6.08 Å². The molecule has 0 aromatic carbocycles. The molecule has 0 unspecified atom stereocenters. The number of morpholine rings is 1. The van der Waals surface area contributed by atoms with Gasteiger partial charge in [0.05, 0.1) is 13.2 Å². The Morgan fingerprint density at radius 3 is 2.64 bits per heavy atom. The quantitative estimate of drug-likeness (QED) is 0.564. The molecule has 0 saturated carbocycles. The Hall–Kier alpha value is -1.03. The van der Waals surface area contributed by atoms with E-state index in [0.717, 1.165) is 26.1 Å². The van der Waals surface area contributed by atoms with Crippen LogP contribution in [0.1, 0.15) is 6.42 Å². The van der Waals surface area contributed by atoms with E-state index in [1.165, 1.54) is 0 Å². The summed E-state index contributed by atoms with van der Waals surface area (Å²) in [6.07, 6.45) is 5.90. The summed E-state index contributed by atoms with van der Waals surface area (Å²) in [4.78, 5) is 15.6. The molecule has 2 rings (SSSR count). The molecule has 0 aliphatic carbocycles. The molecule has 0 aromatic heterocycles. The maximum absolute atomic E-state index is 11.9. The van der Waals surface area contributed by atoms with Crippen molar-refractivity contribution in [3.8, 4) is 0 Å². The van der Waals surface area contributed by atoms with E-state index in [9.17, 15) is 4.79 Å². The molecule has 0 aromatic rings. The number of hydrogen-bond donors (Lipinski definition) is 0. The monoisotopic (exact) mass is 195 g/mol. The lowest BCUT2D eigenvalue weighted by molar-refractivity contribution is 0.0440. The first-order valence-corrected chi connectivity index (χ1v) is 5.04. The van der Waals surface area contributed by atoms with Gasteiger partial charge in [0, 0.05) is 26.2 Å². The van der Waals surface area contributed by atoms with Crippen molar-refractivity contribution >= 4 is 6.03 Å². The van der Waals surface area contributed by atoms with Crippen molar-refractivity contribution in [1.82, 2.24) is 9.80 Å². The molecule has 1 fully saturated rings. The molecule has 77 valence electrons. The van der Waals surface area contributed by atoms with Crippen LogP contribution in [0.2, 0.25) is 0 Å². The van der Waals surface area contributed by atoms with Crippen molar-refractivity contribution in [2.75, 3.05) is 39.4 Å². The van der Waals surface area contributed by atoms with E-state index in [1.54, 1.807) is 0 Å². The SMILES string of the molecule is O=C(N1CC=[C]CC1)N1CCOCC1. The number of rotatable bonds is 0. The lowest BCUT2D eigenvalue weighted by Gasteiger charge is -2.33. The highest BCUT2D eigenvalue weighted by Crippen LogP contribution is 2.07. The fraction of sp³-hybridized carbons (Fsp3) is 0.700. The van der Waals surface area contributed by atoms with Gasteiger partial charge >= 0.3 is 6.03 Å². The van der Waals surface area contributed by atoms with Gasteiger partial charge in [0.15, 0.2) is 0 Å². The number of ether oxygens (including phenoxy) is 1. The Morgan fingerprint density at radius 1 is 1.21 bits per heavy atom. The van der Waals surface area contributed by atoms with Crippen LogP contribution in [0.15, 0.2) is 6.08 Å². The predicted octanol–water partition coefficient (Wildman–Crippen LogP) is 0.504. The fourth-order valence-electron chi connectivity index (χ4n) is 1.70. The minimum absolute atomic E-state index is 0.144. The maximum atomic E-state index is 11.9. The molecule has 0 bridgehead atoms. The van der Waals surface area contributed by atoms with Crippen molar-refractivity contribution in [3.05, 3.63) is 12.2 Å². The smallest absolute Gasteiger partial charge is 0.320 e. The summed E-state index contributed by atoms with van der Waals surface area (Å²) < 4.78 is 5.20. The Morgan fingerprint density at radius 2 is 2.00 bits per heavy atom. The average Bonchev–Trinajstić information content (AvgIpc) is 2.30. The second-order valence-corrected chi connectivity index (χ2v) is 3.49. The van der Waals surface area contributed by atoms with Crippen LogP contribution in [-0.4, -0.2) is 55.2 Å². The van der Waals surface area contributed by atoms with E-state index in [-0.39, 0.29) is 6.03 Å². The molecule has 2 aliphatic heterocycles. The Labute approximate surface area is 84.1 Å². The number of urea groups is 1. The first-order chi connectivity index (χ1) is 6.88. The highest BCUT2D eigenvalue weighted by atomic mass is 16.5. The summed E-state index contributed by atoms with van der Waals surface area (Å²) in [5, 5.41) is 0. The van der Waals surface area contributed by atoms with Crippen LogP contribution < -0.4 is 0 Å². The molecule has 0 atom stereocenters. The third-order valence-electron chi connectivity index (χ3n) is 2.53. The van der Waals surface area contributed by atoms with E-state index >= 15 is 0 Å². The van der Waals surface area contributed by atoms with Gasteiger partial charge in [0.1, 0.15) is 0 Å². The van der Waals surface area contributed by atoms with E-state index in [2.05, 4.69) is 6.08 Å². The molecule has 0 N–H and O–H groups in total. The summed E-state index contributed by atoms with van der Waals surface area (Å²) in [6.45, 7) is 4.29. The molecule has 1 radical (unpaired) electrons. The summed E-state index contributed by atoms with van der Waals surface area (Å²) in [6, 6.07) is 0.144. The van der Waals surface area contributed by atoms with E-state index < -0.39 is 0 Å². The molecule has 14 heavy (non-hydrogen) atoms. The van der Waals surface area contributed by atoms with Gasteiger partial charge in [-0.05, 0) is 12.5 Å². The minimum Gasteiger partial charge on any atom is -0.378 e. The van der Waals surface area contributed by atoms with Gasteiger partial charge in [-0.3, -0.25) is 0 Å². The first kappa shape index (κ1) is 9.52. The number of carbonyl (C=O) groups excluding carboxylic acids is 1. The highest BCUT2D eigenvalue weighted by Gasteiger charge is 2.22. The highest BCUT2D eigenvalue weighted by molar-refractivity contribution is 5.74. The van der Waals surface area contributed by atoms with Gasteiger partial charge < -0.3 is 14.5 Å². The van der Waals surface area contributed by atoms with Crippen LogP contribution in [0.25, 0.3) is 0 Å². The summed E-state index contributed by atoms with van der Waals surface area (Å²) in [5.41, 5.74) is 0.